The highest BCUT2D eigenvalue weighted by atomic mass is 35.5. The third-order valence-corrected chi connectivity index (χ3v) is 3.02. The van der Waals surface area contributed by atoms with E-state index in [2.05, 4.69) is 0 Å². The molecule has 0 aliphatic heterocycles. The number of halogens is 4. The first-order valence-corrected chi connectivity index (χ1v) is 6.10. The lowest BCUT2D eigenvalue weighted by Crippen LogP contribution is -2.39. The van der Waals surface area contributed by atoms with E-state index < -0.39 is 36.9 Å². The van der Waals surface area contributed by atoms with Gasteiger partial charge >= 0.3 is 18.1 Å². The molecule has 0 fully saturated rings. The van der Waals surface area contributed by atoms with Gasteiger partial charge in [0.2, 0.25) is 0 Å². The molecule has 1 aromatic carbocycles. The third kappa shape index (κ3) is 5.14. The lowest BCUT2D eigenvalue weighted by Gasteiger charge is -2.17. The molecule has 0 bridgehead atoms. The lowest BCUT2D eigenvalue weighted by atomic mass is 9.95. The molecular weight excluding hydrogens is 313 g/mol. The van der Waals surface area contributed by atoms with Gasteiger partial charge in [0, 0.05) is 12.5 Å². The van der Waals surface area contributed by atoms with E-state index in [1.807, 2.05) is 0 Å². The maximum absolute atomic E-state index is 12.1. The van der Waals surface area contributed by atoms with E-state index in [1.165, 1.54) is 18.2 Å². The molecular formula is C12H12ClF3N2O3. The van der Waals surface area contributed by atoms with Gasteiger partial charge < -0.3 is 16.2 Å². The molecule has 0 aromatic heterocycles. The van der Waals surface area contributed by atoms with Crippen molar-refractivity contribution in [3.63, 3.8) is 0 Å². The minimum atomic E-state index is -5.02. The van der Waals surface area contributed by atoms with Crippen LogP contribution in [-0.2, 0) is 9.59 Å². The molecule has 0 aliphatic carbocycles. The van der Waals surface area contributed by atoms with Gasteiger partial charge in [-0.15, -0.1) is 0 Å². The van der Waals surface area contributed by atoms with Gasteiger partial charge in [-0.05, 0) is 17.7 Å². The third-order valence-electron chi connectivity index (χ3n) is 2.68. The van der Waals surface area contributed by atoms with E-state index >= 15 is 0 Å². The molecule has 5 nitrogen and oxygen atoms in total. The number of benzene rings is 1. The van der Waals surface area contributed by atoms with Crippen molar-refractivity contribution in [3.05, 3.63) is 28.8 Å². The molecule has 0 saturated carbocycles. The zero-order valence-electron chi connectivity index (χ0n) is 10.6. The van der Waals surface area contributed by atoms with Crippen LogP contribution >= 0.6 is 11.6 Å². The monoisotopic (exact) mass is 324 g/mol. The van der Waals surface area contributed by atoms with E-state index in [4.69, 9.17) is 22.4 Å². The number of amides is 1. The number of carboxylic acid groups (broad SMARTS) is 1. The molecule has 116 valence electrons. The van der Waals surface area contributed by atoms with E-state index in [-0.39, 0.29) is 10.7 Å². The SMILES string of the molecule is Nc1cc([C@H](CNC(=O)C(F)(F)F)CC(=O)O)ccc1Cl. The number of carboxylic acids is 1. The van der Waals surface area contributed by atoms with Crippen LogP contribution in [0, 0.1) is 0 Å². The van der Waals surface area contributed by atoms with Gasteiger partial charge in [0.25, 0.3) is 0 Å². The van der Waals surface area contributed by atoms with Gasteiger partial charge in [0.05, 0.1) is 17.1 Å². The molecule has 1 amide bonds. The summed E-state index contributed by atoms with van der Waals surface area (Å²) in [5.41, 5.74) is 6.12. The van der Waals surface area contributed by atoms with Crippen molar-refractivity contribution in [2.75, 3.05) is 12.3 Å². The number of rotatable bonds is 5. The fourth-order valence-corrected chi connectivity index (χ4v) is 1.77. The second-order valence-corrected chi connectivity index (χ2v) is 4.69. The first kappa shape index (κ1) is 17.1. The zero-order chi connectivity index (χ0) is 16.2. The van der Waals surface area contributed by atoms with Gasteiger partial charge in [-0.1, -0.05) is 17.7 Å². The molecule has 0 spiro atoms. The van der Waals surface area contributed by atoms with E-state index in [1.54, 1.807) is 5.32 Å². The predicted octanol–water partition coefficient (Wildman–Crippen LogP) is 2.16. The van der Waals surface area contributed by atoms with Gasteiger partial charge in [-0.2, -0.15) is 13.2 Å². The Balaban J connectivity index is 2.88. The fourth-order valence-electron chi connectivity index (χ4n) is 1.65. The summed E-state index contributed by atoms with van der Waals surface area (Å²) in [4.78, 5) is 21.6. The Labute approximate surface area is 122 Å². The lowest BCUT2D eigenvalue weighted by molar-refractivity contribution is -0.173. The van der Waals surface area contributed by atoms with Crippen molar-refractivity contribution in [1.82, 2.24) is 5.32 Å². The molecule has 21 heavy (non-hydrogen) atoms. The number of nitrogens with two attached hydrogens (primary N) is 1. The summed E-state index contributed by atoms with van der Waals surface area (Å²) in [5.74, 6) is -4.19. The standard InChI is InChI=1S/C12H12ClF3N2O3/c13-8-2-1-6(3-9(8)17)7(4-10(19)20)5-18-11(21)12(14,15)16/h1-3,7H,4-5,17H2,(H,18,21)(H,19,20)/t7-/m0/s1. The average Bonchev–Trinajstić information content (AvgIpc) is 2.35. The van der Waals surface area contributed by atoms with E-state index in [0.29, 0.717) is 5.56 Å². The first-order chi connectivity index (χ1) is 9.61. The van der Waals surface area contributed by atoms with E-state index in [9.17, 15) is 22.8 Å². The minimum Gasteiger partial charge on any atom is -0.481 e. The number of alkyl halides is 3. The van der Waals surface area contributed by atoms with Gasteiger partial charge in [0.1, 0.15) is 0 Å². The Bertz CT molecular complexity index is 549. The normalized spacial score (nSPS) is 12.8. The molecule has 0 heterocycles. The van der Waals surface area contributed by atoms with Crippen LogP contribution in [0.5, 0.6) is 0 Å². The van der Waals surface area contributed by atoms with Crippen LogP contribution in [-0.4, -0.2) is 29.7 Å². The smallest absolute Gasteiger partial charge is 0.471 e. The maximum atomic E-state index is 12.1. The number of hydrogen-bond donors (Lipinski definition) is 3. The predicted molar refractivity (Wildman–Crippen MR) is 69.9 cm³/mol. The van der Waals surface area contributed by atoms with Crippen molar-refractivity contribution < 1.29 is 27.9 Å². The minimum absolute atomic E-state index is 0.173. The molecule has 1 atom stereocenters. The van der Waals surface area contributed by atoms with Crippen LogP contribution in [0.4, 0.5) is 18.9 Å². The molecule has 0 aliphatic rings. The number of anilines is 1. The Hall–Kier alpha value is -1.96. The highest BCUT2D eigenvalue weighted by molar-refractivity contribution is 6.33. The quantitative estimate of drug-likeness (QED) is 0.724. The summed E-state index contributed by atoms with van der Waals surface area (Å²) >= 11 is 5.72. The Morgan fingerprint density at radius 3 is 2.48 bits per heavy atom. The first-order valence-electron chi connectivity index (χ1n) is 5.73. The fraction of sp³-hybridized carbons (Fsp3) is 0.333. The molecule has 1 aromatic rings. The van der Waals surface area contributed by atoms with Gasteiger partial charge in [-0.3, -0.25) is 9.59 Å². The molecule has 1 rings (SSSR count). The number of nitrogen functional groups attached to an aromatic ring is 1. The summed E-state index contributed by atoms with van der Waals surface area (Å²) in [6, 6.07) is 4.23. The largest absolute Gasteiger partial charge is 0.481 e. The molecule has 4 N–H and O–H groups in total. The summed E-state index contributed by atoms with van der Waals surface area (Å²) in [6.45, 7) is -0.480. The van der Waals surface area contributed by atoms with Crippen LogP contribution in [0.3, 0.4) is 0 Å². The Morgan fingerprint density at radius 2 is 2.00 bits per heavy atom. The number of aliphatic carboxylic acids is 1. The van der Waals surface area contributed by atoms with Crippen LogP contribution in [0.1, 0.15) is 17.9 Å². The number of hydrogen-bond acceptors (Lipinski definition) is 3. The highest BCUT2D eigenvalue weighted by Gasteiger charge is 2.38. The van der Waals surface area contributed by atoms with Crippen molar-refractivity contribution in [2.24, 2.45) is 0 Å². The van der Waals surface area contributed by atoms with Crippen LogP contribution in [0.15, 0.2) is 18.2 Å². The van der Waals surface area contributed by atoms with Gasteiger partial charge in [-0.25, -0.2) is 0 Å². The Morgan fingerprint density at radius 1 is 1.38 bits per heavy atom. The van der Waals surface area contributed by atoms with Crippen LogP contribution < -0.4 is 11.1 Å². The molecule has 0 unspecified atom stereocenters. The topological polar surface area (TPSA) is 92.4 Å². The van der Waals surface area contributed by atoms with Crippen molar-refractivity contribution >= 4 is 29.2 Å². The summed E-state index contributed by atoms with van der Waals surface area (Å²) in [6.07, 6.45) is -5.48. The second-order valence-electron chi connectivity index (χ2n) is 4.28. The summed E-state index contributed by atoms with van der Waals surface area (Å²) in [5, 5.41) is 10.7. The van der Waals surface area contributed by atoms with Crippen LogP contribution in [0.2, 0.25) is 5.02 Å². The zero-order valence-corrected chi connectivity index (χ0v) is 11.3. The Kier molecular flexibility index (Phi) is 5.42. The summed E-state index contributed by atoms with van der Waals surface area (Å²) < 4.78 is 36.3. The van der Waals surface area contributed by atoms with Gasteiger partial charge in [0.15, 0.2) is 0 Å². The average molecular weight is 325 g/mol. The number of nitrogens with one attached hydrogen (secondary N) is 1. The molecule has 0 radical (unpaired) electrons. The highest BCUT2D eigenvalue weighted by Crippen LogP contribution is 2.26. The van der Waals surface area contributed by atoms with E-state index in [0.717, 1.165) is 0 Å². The second kappa shape index (κ2) is 6.66. The molecule has 9 heteroatoms. The number of carbonyl (C=O) groups excluding carboxylic acids is 1. The number of carbonyl (C=O) groups is 2. The van der Waals surface area contributed by atoms with Crippen molar-refractivity contribution in [3.8, 4) is 0 Å². The van der Waals surface area contributed by atoms with Crippen molar-refractivity contribution in [1.29, 1.82) is 0 Å². The van der Waals surface area contributed by atoms with Crippen LogP contribution in [0.25, 0.3) is 0 Å². The maximum Gasteiger partial charge on any atom is 0.471 e. The summed E-state index contributed by atoms with van der Waals surface area (Å²) in [7, 11) is 0. The van der Waals surface area contributed by atoms with Crippen molar-refractivity contribution in [2.45, 2.75) is 18.5 Å². The molecule has 0 saturated heterocycles.